The zero-order valence-electron chi connectivity index (χ0n) is 15.6. The van der Waals surface area contributed by atoms with Crippen molar-refractivity contribution in [2.45, 2.75) is 12.5 Å². The van der Waals surface area contributed by atoms with Crippen LogP contribution in [-0.4, -0.2) is 82.3 Å². The fourth-order valence-electron chi connectivity index (χ4n) is 3.71. The third-order valence-corrected chi connectivity index (χ3v) is 5.05. The average molecular weight is 386 g/mol. The van der Waals surface area contributed by atoms with E-state index in [9.17, 15) is 4.79 Å². The summed E-state index contributed by atoms with van der Waals surface area (Å²) in [7, 11) is 4.66. The Morgan fingerprint density at radius 3 is 2.35 bits per heavy atom. The molecular weight excluding hydrogens is 358 g/mol. The molecule has 1 unspecified atom stereocenters. The average Bonchev–Trinajstić information content (AvgIpc) is 3.17. The lowest BCUT2D eigenvalue weighted by Crippen LogP contribution is -2.49. The number of amides is 1. The number of benzene rings is 1. The SMILES string of the molecule is COc1ccc(C(=O)N2CCC(N3CCNCC3)C2)c(OC)c1OC.Cl. The molecule has 1 aromatic rings. The zero-order chi connectivity index (χ0) is 17.8. The Hall–Kier alpha value is -1.70. The van der Waals surface area contributed by atoms with Crippen molar-refractivity contribution < 1.29 is 19.0 Å². The minimum Gasteiger partial charge on any atom is -0.493 e. The number of hydrogen-bond acceptors (Lipinski definition) is 6. The number of likely N-dealkylation sites (tertiary alicyclic amines) is 1. The molecule has 2 saturated heterocycles. The Morgan fingerprint density at radius 2 is 1.73 bits per heavy atom. The van der Waals surface area contributed by atoms with Gasteiger partial charge in [0.05, 0.1) is 26.9 Å². The monoisotopic (exact) mass is 385 g/mol. The second kappa shape index (κ2) is 9.30. The quantitative estimate of drug-likeness (QED) is 0.823. The van der Waals surface area contributed by atoms with Crippen molar-refractivity contribution in [3.05, 3.63) is 17.7 Å². The number of ether oxygens (including phenoxy) is 3. The standard InChI is InChI=1S/C18H27N3O4.ClH/c1-23-15-5-4-14(16(24-2)17(15)25-3)18(22)21-9-6-13(12-21)20-10-7-19-8-11-20;/h4-5,13,19H,6-12H2,1-3H3;1H. The molecule has 1 aromatic carbocycles. The molecule has 0 bridgehead atoms. The van der Waals surface area contributed by atoms with Crippen LogP contribution in [0, 0.1) is 0 Å². The number of carbonyl (C=O) groups excluding carboxylic acids is 1. The van der Waals surface area contributed by atoms with Crippen molar-refractivity contribution in [1.29, 1.82) is 0 Å². The Bertz CT molecular complexity index is 623. The van der Waals surface area contributed by atoms with Gasteiger partial charge >= 0.3 is 0 Å². The molecule has 8 heteroatoms. The van der Waals surface area contributed by atoms with Crippen LogP contribution in [0.3, 0.4) is 0 Å². The first kappa shape index (κ1) is 20.6. The van der Waals surface area contributed by atoms with Crippen LogP contribution in [0.15, 0.2) is 12.1 Å². The molecule has 0 aliphatic carbocycles. The number of carbonyl (C=O) groups is 1. The first-order valence-electron chi connectivity index (χ1n) is 8.72. The normalized spacial score (nSPS) is 20.4. The largest absolute Gasteiger partial charge is 0.493 e. The molecule has 2 heterocycles. The molecule has 0 radical (unpaired) electrons. The summed E-state index contributed by atoms with van der Waals surface area (Å²) in [5, 5.41) is 3.37. The summed E-state index contributed by atoms with van der Waals surface area (Å²) in [6, 6.07) is 3.94. The number of halogens is 1. The highest BCUT2D eigenvalue weighted by atomic mass is 35.5. The van der Waals surface area contributed by atoms with E-state index >= 15 is 0 Å². The maximum Gasteiger partial charge on any atom is 0.257 e. The van der Waals surface area contributed by atoms with Crippen LogP contribution in [0.2, 0.25) is 0 Å². The Balaban J connectivity index is 0.00000243. The van der Waals surface area contributed by atoms with Crippen LogP contribution in [-0.2, 0) is 0 Å². The molecule has 1 atom stereocenters. The predicted octanol–water partition coefficient (Wildman–Crippen LogP) is 1.25. The molecule has 1 amide bonds. The smallest absolute Gasteiger partial charge is 0.257 e. The summed E-state index contributed by atoms with van der Waals surface area (Å²) in [4.78, 5) is 17.4. The predicted molar refractivity (Wildman–Crippen MR) is 102 cm³/mol. The van der Waals surface area contributed by atoms with Crippen molar-refractivity contribution in [2.24, 2.45) is 0 Å². The van der Waals surface area contributed by atoms with Gasteiger partial charge in [-0.15, -0.1) is 12.4 Å². The van der Waals surface area contributed by atoms with E-state index < -0.39 is 0 Å². The van der Waals surface area contributed by atoms with Gasteiger partial charge in [0.15, 0.2) is 11.5 Å². The Labute approximate surface area is 161 Å². The molecule has 2 aliphatic rings. The van der Waals surface area contributed by atoms with E-state index in [1.54, 1.807) is 33.5 Å². The molecule has 146 valence electrons. The van der Waals surface area contributed by atoms with Crippen molar-refractivity contribution >= 4 is 18.3 Å². The van der Waals surface area contributed by atoms with E-state index in [0.29, 0.717) is 28.9 Å². The number of nitrogens with one attached hydrogen (secondary N) is 1. The van der Waals surface area contributed by atoms with Crippen LogP contribution in [0.5, 0.6) is 17.2 Å². The Morgan fingerprint density at radius 1 is 1.04 bits per heavy atom. The van der Waals surface area contributed by atoms with Crippen LogP contribution in [0.25, 0.3) is 0 Å². The van der Waals surface area contributed by atoms with Gasteiger partial charge in [-0.25, -0.2) is 0 Å². The van der Waals surface area contributed by atoms with E-state index in [2.05, 4.69) is 10.2 Å². The number of piperazine rings is 1. The van der Waals surface area contributed by atoms with E-state index in [1.165, 1.54) is 0 Å². The minimum absolute atomic E-state index is 0. The number of nitrogens with zero attached hydrogens (tertiary/aromatic N) is 2. The summed E-state index contributed by atoms with van der Waals surface area (Å²) in [6.45, 7) is 5.67. The van der Waals surface area contributed by atoms with Gasteiger partial charge in [0.25, 0.3) is 5.91 Å². The maximum atomic E-state index is 13.0. The lowest BCUT2D eigenvalue weighted by atomic mass is 10.1. The van der Waals surface area contributed by atoms with E-state index in [0.717, 1.165) is 45.7 Å². The van der Waals surface area contributed by atoms with Crippen molar-refractivity contribution in [2.75, 3.05) is 60.6 Å². The molecule has 26 heavy (non-hydrogen) atoms. The molecule has 0 saturated carbocycles. The van der Waals surface area contributed by atoms with Gasteiger partial charge in [-0.2, -0.15) is 0 Å². The summed E-state index contributed by atoms with van der Waals surface area (Å²) in [5.41, 5.74) is 0.515. The van der Waals surface area contributed by atoms with Crippen molar-refractivity contribution in [1.82, 2.24) is 15.1 Å². The third-order valence-electron chi connectivity index (χ3n) is 5.05. The van der Waals surface area contributed by atoms with Gasteiger partial charge in [-0.05, 0) is 18.6 Å². The van der Waals surface area contributed by atoms with Gasteiger partial charge in [-0.3, -0.25) is 9.69 Å². The Kier molecular flexibility index (Phi) is 7.37. The van der Waals surface area contributed by atoms with Gasteiger partial charge < -0.3 is 24.4 Å². The topological polar surface area (TPSA) is 63.3 Å². The molecule has 0 aromatic heterocycles. The zero-order valence-corrected chi connectivity index (χ0v) is 16.4. The lowest BCUT2D eigenvalue weighted by molar-refractivity contribution is 0.0769. The highest BCUT2D eigenvalue weighted by molar-refractivity contribution is 5.98. The highest BCUT2D eigenvalue weighted by Gasteiger charge is 2.33. The first-order chi connectivity index (χ1) is 12.2. The van der Waals surface area contributed by atoms with Crippen LogP contribution >= 0.6 is 12.4 Å². The number of methoxy groups -OCH3 is 3. The summed E-state index contributed by atoms with van der Waals surface area (Å²) in [6.07, 6.45) is 1.02. The summed E-state index contributed by atoms with van der Waals surface area (Å²) in [5.74, 6) is 1.41. The summed E-state index contributed by atoms with van der Waals surface area (Å²) >= 11 is 0. The van der Waals surface area contributed by atoms with Crippen molar-refractivity contribution in [3.63, 3.8) is 0 Å². The maximum absolute atomic E-state index is 13.0. The molecule has 2 fully saturated rings. The molecule has 0 spiro atoms. The number of rotatable bonds is 5. The van der Waals surface area contributed by atoms with Gasteiger partial charge in [0.1, 0.15) is 0 Å². The van der Waals surface area contributed by atoms with Crippen LogP contribution < -0.4 is 19.5 Å². The molecule has 7 nitrogen and oxygen atoms in total. The van der Waals surface area contributed by atoms with E-state index in [-0.39, 0.29) is 18.3 Å². The molecule has 1 N–H and O–H groups in total. The minimum atomic E-state index is -0.0181. The second-order valence-corrected chi connectivity index (χ2v) is 6.36. The van der Waals surface area contributed by atoms with Gasteiger partial charge in [0, 0.05) is 45.3 Å². The van der Waals surface area contributed by atoms with Crippen LogP contribution in [0.1, 0.15) is 16.8 Å². The number of hydrogen-bond donors (Lipinski definition) is 1. The summed E-state index contributed by atoms with van der Waals surface area (Å²) < 4.78 is 16.1. The van der Waals surface area contributed by atoms with Gasteiger partial charge in [0.2, 0.25) is 5.75 Å². The molecular formula is C18H28ClN3O4. The first-order valence-corrected chi connectivity index (χ1v) is 8.72. The van der Waals surface area contributed by atoms with E-state index in [1.807, 2.05) is 4.90 Å². The van der Waals surface area contributed by atoms with Crippen LogP contribution in [0.4, 0.5) is 0 Å². The third kappa shape index (κ3) is 4.00. The van der Waals surface area contributed by atoms with Gasteiger partial charge in [-0.1, -0.05) is 0 Å². The molecule has 2 aliphatic heterocycles. The van der Waals surface area contributed by atoms with Crippen molar-refractivity contribution in [3.8, 4) is 17.2 Å². The fraction of sp³-hybridized carbons (Fsp3) is 0.611. The second-order valence-electron chi connectivity index (χ2n) is 6.36. The molecule has 3 rings (SSSR count). The van der Waals surface area contributed by atoms with E-state index in [4.69, 9.17) is 14.2 Å². The lowest BCUT2D eigenvalue weighted by Gasteiger charge is -2.32. The highest BCUT2D eigenvalue weighted by Crippen LogP contribution is 2.40. The fourth-order valence-corrected chi connectivity index (χ4v) is 3.71.